The third kappa shape index (κ3) is 6.39. The molecule has 0 atom stereocenters. The number of hydrazone groups is 1. The maximum atomic E-state index is 11.9. The molecule has 2 N–H and O–H groups in total. The number of rotatable bonds is 6. The SMILES string of the molecule is C=CCOc1ccc(Br)cc1/C=N/NC(=O)C(=O)Nc1cc(Cl)ccc1Cl. The zero-order valence-corrected chi connectivity index (χ0v) is 16.9. The Labute approximate surface area is 174 Å². The molecule has 0 aliphatic carbocycles. The lowest BCUT2D eigenvalue weighted by molar-refractivity contribution is -0.136. The molecule has 2 aromatic rings. The first-order chi connectivity index (χ1) is 12.9. The van der Waals surface area contributed by atoms with Gasteiger partial charge in [0, 0.05) is 15.1 Å². The fraction of sp³-hybridized carbons (Fsp3) is 0.0556. The molecule has 0 aromatic heterocycles. The quantitative estimate of drug-likeness (QED) is 0.284. The number of hydrogen-bond acceptors (Lipinski definition) is 4. The van der Waals surface area contributed by atoms with Gasteiger partial charge in [0.25, 0.3) is 0 Å². The molecule has 0 spiro atoms. The Hall–Kier alpha value is -2.35. The Morgan fingerprint density at radius 3 is 2.70 bits per heavy atom. The van der Waals surface area contributed by atoms with Crippen LogP contribution < -0.4 is 15.5 Å². The van der Waals surface area contributed by atoms with E-state index in [2.05, 4.69) is 38.4 Å². The monoisotopic (exact) mass is 469 g/mol. The minimum absolute atomic E-state index is 0.223. The number of nitrogens with zero attached hydrogens (tertiary/aromatic N) is 1. The lowest BCUT2D eigenvalue weighted by atomic mass is 10.2. The van der Waals surface area contributed by atoms with Crippen LogP contribution in [-0.2, 0) is 9.59 Å². The largest absolute Gasteiger partial charge is 0.489 e. The molecule has 0 unspecified atom stereocenters. The van der Waals surface area contributed by atoms with E-state index in [0.717, 1.165) is 4.47 Å². The standard InChI is InChI=1S/C18H14BrCl2N3O3/c1-2-7-27-16-6-3-12(19)8-11(16)10-22-24-18(26)17(25)23-15-9-13(20)4-5-14(15)21/h2-6,8-10H,1,7H2,(H,23,25)(H,24,26)/b22-10+. The van der Waals surface area contributed by atoms with Crippen LogP contribution in [0.4, 0.5) is 5.69 Å². The molecule has 9 heteroatoms. The molecule has 27 heavy (non-hydrogen) atoms. The van der Waals surface area contributed by atoms with Crippen molar-refractivity contribution in [1.29, 1.82) is 0 Å². The van der Waals surface area contributed by atoms with Gasteiger partial charge in [-0.05, 0) is 36.4 Å². The van der Waals surface area contributed by atoms with E-state index in [4.69, 9.17) is 27.9 Å². The summed E-state index contributed by atoms with van der Waals surface area (Å²) in [6.07, 6.45) is 2.97. The van der Waals surface area contributed by atoms with Crippen LogP contribution in [0.1, 0.15) is 5.56 Å². The van der Waals surface area contributed by atoms with E-state index in [-0.39, 0.29) is 10.7 Å². The van der Waals surface area contributed by atoms with Crippen molar-refractivity contribution < 1.29 is 14.3 Å². The van der Waals surface area contributed by atoms with E-state index in [1.165, 1.54) is 18.3 Å². The van der Waals surface area contributed by atoms with Crippen LogP contribution in [0.2, 0.25) is 10.0 Å². The predicted octanol–water partition coefficient (Wildman–Crippen LogP) is 4.41. The number of ether oxygens (including phenoxy) is 1. The third-order valence-electron chi connectivity index (χ3n) is 3.08. The summed E-state index contributed by atoms with van der Waals surface area (Å²) in [4.78, 5) is 23.8. The topological polar surface area (TPSA) is 79.8 Å². The molecule has 6 nitrogen and oxygen atoms in total. The first-order valence-corrected chi connectivity index (χ1v) is 9.08. The number of nitrogens with one attached hydrogen (secondary N) is 2. The second-order valence-electron chi connectivity index (χ2n) is 5.06. The van der Waals surface area contributed by atoms with E-state index in [1.54, 1.807) is 30.3 Å². The van der Waals surface area contributed by atoms with E-state index in [0.29, 0.717) is 22.9 Å². The number of amides is 2. The summed E-state index contributed by atoms with van der Waals surface area (Å²) in [7, 11) is 0. The molecule has 0 aliphatic heterocycles. The maximum Gasteiger partial charge on any atom is 0.329 e. The lowest BCUT2D eigenvalue weighted by Gasteiger charge is -2.08. The van der Waals surface area contributed by atoms with Crippen LogP contribution in [0, 0.1) is 0 Å². The highest BCUT2D eigenvalue weighted by Crippen LogP contribution is 2.25. The van der Waals surface area contributed by atoms with E-state index in [9.17, 15) is 9.59 Å². The van der Waals surface area contributed by atoms with E-state index in [1.807, 2.05) is 0 Å². The minimum atomic E-state index is -0.967. The summed E-state index contributed by atoms with van der Waals surface area (Å²) in [5.41, 5.74) is 2.96. The van der Waals surface area contributed by atoms with Crippen molar-refractivity contribution in [3.8, 4) is 5.75 Å². The van der Waals surface area contributed by atoms with Gasteiger partial charge in [0.2, 0.25) is 0 Å². The smallest absolute Gasteiger partial charge is 0.329 e. The van der Waals surface area contributed by atoms with Gasteiger partial charge in [-0.25, -0.2) is 5.43 Å². The molecule has 0 radical (unpaired) electrons. The molecular weight excluding hydrogens is 457 g/mol. The minimum Gasteiger partial charge on any atom is -0.489 e. The van der Waals surface area contributed by atoms with Gasteiger partial charge in [-0.2, -0.15) is 5.10 Å². The highest BCUT2D eigenvalue weighted by molar-refractivity contribution is 9.10. The first-order valence-electron chi connectivity index (χ1n) is 7.53. The zero-order valence-electron chi connectivity index (χ0n) is 13.8. The van der Waals surface area contributed by atoms with Crippen molar-refractivity contribution in [2.24, 2.45) is 5.10 Å². The van der Waals surface area contributed by atoms with Crippen molar-refractivity contribution in [1.82, 2.24) is 5.43 Å². The molecular formula is C18H14BrCl2N3O3. The summed E-state index contributed by atoms with van der Waals surface area (Å²) in [6.45, 7) is 3.90. The predicted molar refractivity (Wildman–Crippen MR) is 111 cm³/mol. The number of hydrogen-bond donors (Lipinski definition) is 2. The molecule has 0 saturated carbocycles. The van der Waals surface area contributed by atoms with Crippen molar-refractivity contribution in [2.75, 3.05) is 11.9 Å². The Bertz CT molecular complexity index is 903. The van der Waals surface area contributed by atoms with E-state index < -0.39 is 11.8 Å². The zero-order chi connectivity index (χ0) is 19.8. The molecule has 0 heterocycles. The first kappa shape index (κ1) is 21.0. The van der Waals surface area contributed by atoms with Gasteiger partial charge in [0.15, 0.2) is 0 Å². The van der Waals surface area contributed by atoms with Crippen LogP contribution >= 0.6 is 39.1 Å². The molecule has 0 fully saturated rings. The summed E-state index contributed by atoms with van der Waals surface area (Å²) in [5.74, 6) is -1.36. The molecule has 2 rings (SSSR count). The second kappa shape index (κ2) is 10.1. The second-order valence-corrected chi connectivity index (χ2v) is 6.82. The lowest BCUT2D eigenvalue weighted by Crippen LogP contribution is -2.32. The van der Waals surface area contributed by atoms with Gasteiger partial charge in [-0.1, -0.05) is 51.8 Å². The number of halogens is 3. The Kier molecular flexibility index (Phi) is 7.84. The Morgan fingerprint density at radius 2 is 1.96 bits per heavy atom. The Morgan fingerprint density at radius 1 is 1.19 bits per heavy atom. The normalized spacial score (nSPS) is 10.5. The summed E-state index contributed by atoms with van der Waals surface area (Å²) >= 11 is 15.1. The fourth-order valence-corrected chi connectivity index (χ4v) is 2.60. The molecule has 0 aliphatic rings. The number of carbonyl (C=O) groups is 2. The van der Waals surface area contributed by atoms with Gasteiger partial charge < -0.3 is 10.1 Å². The number of benzene rings is 2. The van der Waals surface area contributed by atoms with Crippen LogP contribution in [0.5, 0.6) is 5.75 Å². The number of carbonyl (C=O) groups excluding carboxylic acids is 2. The molecule has 2 amide bonds. The number of anilines is 1. The van der Waals surface area contributed by atoms with Gasteiger partial charge >= 0.3 is 11.8 Å². The van der Waals surface area contributed by atoms with E-state index >= 15 is 0 Å². The highest BCUT2D eigenvalue weighted by Gasteiger charge is 2.15. The van der Waals surface area contributed by atoms with Gasteiger partial charge in [-0.3, -0.25) is 9.59 Å². The van der Waals surface area contributed by atoms with Crippen LogP contribution in [-0.4, -0.2) is 24.6 Å². The van der Waals surface area contributed by atoms with Crippen molar-refractivity contribution in [3.05, 3.63) is 69.1 Å². The molecule has 0 saturated heterocycles. The maximum absolute atomic E-state index is 11.9. The average molecular weight is 471 g/mol. The van der Waals surface area contributed by atoms with Gasteiger partial charge in [-0.15, -0.1) is 0 Å². The van der Waals surface area contributed by atoms with Crippen LogP contribution in [0.25, 0.3) is 0 Å². The summed E-state index contributed by atoms with van der Waals surface area (Å²) in [6, 6.07) is 9.80. The average Bonchev–Trinajstić information content (AvgIpc) is 2.64. The van der Waals surface area contributed by atoms with Gasteiger partial charge in [0.1, 0.15) is 12.4 Å². The highest BCUT2D eigenvalue weighted by atomic mass is 79.9. The van der Waals surface area contributed by atoms with Crippen molar-refractivity contribution >= 4 is 62.8 Å². The van der Waals surface area contributed by atoms with Crippen molar-refractivity contribution in [2.45, 2.75) is 0 Å². The summed E-state index contributed by atoms with van der Waals surface area (Å²) in [5, 5.41) is 6.77. The molecule has 0 bridgehead atoms. The van der Waals surface area contributed by atoms with Gasteiger partial charge in [0.05, 0.1) is 16.9 Å². The van der Waals surface area contributed by atoms with Crippen LogP contribution in [0.15, 0.2) is 58.6 Å². The Balaban J connectivity index is 2.02. The molecule has 140 valence electrons. The third-order valence-corrected chi connectivity index (χ3v) is 4.14. The fourth-order valence-electron chi connectivity index (χ4n) is 1.88. The summed E-state index contributed by atoms with van der Waals surface area (Å²) < 4.78 is 6.30. The molecule has 2 aromatic carbocycles. The van der Waals surface area contributed by atoms with Crippen LogP contribution in [0.3, 0.4) is 0 Å². The van der Waals surface area contributed by atoms with Crippen molar-refractivity contribution in [3.63, 3.8) is 0 Å².